The van der Waals surface area contributed by atoms with Gasteiger partial charge in [-0.05, 0) is 54.9 Å². The maximum absolute atomic E-state index is 3.48. The first-order chi connectivity index (χ1) is 9.67. The van der Waals surface area contributed by atoms with Crippen molar-refractivity contribution >= 4 is 10.8 Å². The highest BCUT2D eigenvalue weighted by Crippen LogP contribution is 2.26. The van der Waals surface area contributed by atoms with Gasteiger partial charge in [0.2, 0.25) is 0 Å². The van der Waals surface area contributed by atoms with Gasteiger partial charge in [0.05, 0.1) is 0 Å². The average molecular weight is 264 g/mol. The maximum Gasteiger partial charge on any atom is 0.0459 e. The molecular weight excluding hydrogens is 244 g/mol. The summed E-state index contributed by atoms with van der Waals surface area (Å²) in [5, 5.41) is 5.79. The summed E-state index contributed by atoms with van der Waals surface area (Å²) in [6.07, 6.45) is 0. The Hall–Kier alpha value is -2.06. The summed E-state index contributed by atoms with van der Waals surface area (Å²) in [5.41, 5.74) is 6.30. The predicted molar refractivity (Wildman–Crippen MR) is 86.0 cm³/mol. The van der Waals surface area contributed by atoms with Crippen molar-refractivity contribution in [2.24, 2.45) is 0 Å². The molecule has 0 spiro atoms. The number of hydrogen-bond acceptors (Lipinski definition) is 1. The van der Waals surface area contributed by atoms with E-state index in [0.29, 0.717) is 0 Å². The molecule has 3 aromatic rings. The van der Waals surface area contributed by atoms with Crippen LogP contribution in [0.1, 0.15) is 16.8 Å². The Morgan fingerprint density at radius 2 is 1.70 bits per heavy atom. The van der Waals surface area contributed by atoms with E-state index in [1.54, 1.807) is 0 Å². The number of nitrogens with one attached hydrogen (secondary N) is 2. The van der Waals surface area contributed by atoms with Crippen molar-refractivity contribution in [2.45, 2.75) is 20.4 Å². The third-order valence-electron chi connectivity index (χ3n) is 3.80. The first-order valence-corrected chi connectivity index (χ1v) is 7.01. The maximum atomic E-state index is 3.48. The van der Waals surface area contributed by atoms with Crippen LogP contribution < -0.4 is 5.32 Å². The number of hydrogen-bond donors (Lipinski definition) is 2. The van der Waals surface area contributed by atoms with Crippen LogP contribution in [0.5, 0.6) is 0 Å². The summed E-state index contributed by atoms with van der Waals surface area (Å²) in [6.45, 7) is 5.15. The molecule has 1 heterocycles. The van der Waals surface area contributed by atoms with Gasteiger partial charge < -0.3 is 10.3 Å². The topological polar surface area (TPSA) is 27.8 Å². The zero-order valence-electron chi connectivity index (χ0n) is 12.2. The summed E-state index contributed by atoms with van der Waals surface area (Å²) in [4.78, 5) is 3.48. The molecule has 2 N–H and O–H groups in total. The number of benzene rings is 2. The Kier molecular flexibility index (Phi) is 3.33. The van der Waals surface area contributed by atoms with Crippen molar-refractivity contribution in [1.29, 1.82) is 0 Å². The van der Waals surface area contributed by atoms with Crippen LogP contribution in [0.25, 0.3) is 22.0 Å². The molecule has 0 unspecified atom stereocenters. The smallest absolute Gasteiger partial charge is 0.0459 e. The van der Waals surface area contributed by atoms with Gasteiger partial charge in [0.1, 0.15) is 0 Å². The van der Waals surface area contributed by atoms with Crippen LogP contribution in [0.2, 0.25) is 0 Å². The van der Waals surface area contributed by atoms with Gasteiger partial charge in [0.15, 0.2) is 0 Å². The van der Waals surface area contributed by atoms with Crippen LogP contribution in [-0.4, -0.2) is 12.0 Å². The minimum Gasteiger partial charge on any atom is -0.358 e. The SMILES string of the molecule is CNCc1cc(-c2ccc3cc(C)ccc3c2)[nH]c1C. The summed E-state index contributed by atoms with van der Waals surface area (Å²) in [7, 11) is 1.98. The summed E-state index contributed by atoms with van der Waals surface area (Å²) in [6, 6.07) is 15.5. The van der Waals surface area contributed by atoms with E-state index in [9.17, 15) is 0 Å². The van der Waals surface area contributed by atoms with Crippen LogP contribution in [0, 0.1) is 13.8 Å². The van der Waals surface area contributed by atoms with Gasteiger partial charge in [-0.25, -0.2) is 0 Å². The second kappa shape index (κ2) is 5.14. The molecule has 1 aromatic heterocycles. The average Bonchev–Trinajstić information content (AvgIpc) is 2.80. The van der Waals surface area contributed by atoms with E-state index in [-0.39, 0.29) is 0 Å². The molecule has 2 nitrogen and oxygen atoms in total. The Labute approximate surface area is 119 Å². The third-order valence-corrected chi connectivity index (χ3v) is 3.80. The van der Waals surface area contributed by atoms with E-state index in [1.165, 1.54) is 38.9 Å². The lowest BCUT2D eigenvalue weighted by Gasteiger charge is -2.03. The Morgan fingerprint density at radius 1 is 0.950 bits per heavy atom. The van der Waals surface area contributed by atoms with Crippen molar-refractivity contribution in [3.8, 4) is 11.3 Å². The highest BCUT2D eigenvalue weighted by Gasteiger charge is 2.06. The highest BCUT2D eigenvalue weighted by molar-refractivity contribution is 5.87. The number of H-pyrrole nitrogens is 1. The quantitative estimate of drug-likeness (QED) is 0.730. The van der Waals surface area contributed by atoms with Gasteiger partial charge in [-0.1, -0.05) is 35.9 Å². The second-order valence-electron chi connectivity index (χ2n) is 5.43. The minimum atomic E-state index is 0.898. The molecule has 0 fully saturated rings. The summed E-state index contributed by atoms with van der Waals surface area (Å²) in [5.74, 6) is 0. The molecule has 0 bridgehead atoms. The first kappa shape index (κ1) is 12.9. The van der Waals surface area contributed by atoms with Crippen molar-refractivity contribution in [3.63, 3.8) is 0 Å². The molecule has 0 aliphatic carbocycles. The highest BCUT2D eigenvalue weighted by atomic mass is 14.8. The Bertz CT molecular complexity index is 753. The van der Waals surface area contributed by atoms with Gasteiger partial charge in [-0.3, -0.25) is 0 Å². The molecule has 2 aromatic carbocycles. The minimum absolute atomic E-state index is 0.898. The molecule has 0 atom stereocenters. The van der Waals surface area contributed by atoms with Crippen molar-refractivity contribution in [1.82, 2.24) is 10.3 Å². The van der Waals surface area contributed by atoms with Gasteiger partial charge >= 0.3 is 0 Å². The zero-order valence-corrected chi connectivity index (χ0v) is 12.2. The number of fused-ring (bicyclic) bond motifs is 1. The molecule has 0 aliphatic heterocycles. The molecule has 20 heavy (non-hydrogen) atoms. The molecule has 0 aliphatic rings. The monoisotopic (exact) mass is 264 g/mol. The van der Waals surface area contributed by atoms with Crippen LogP contribution in [0.15, 0.2) is 42.5 Å². The standard InChI is InChI=1S/C18H20N2/c1-12-4-5-15-9-16(7-6-14(15)8-12)18-10-17(11-19-3)13(2)20-18/h4-10,19-20H,11H2,1-3H3. The van der Waals surface area contributed by atoms with E-state index in [0.717, 1.165) is 6.54 Å². The number of aromatic nitrogens is 1. The summed E-state index contributed by atoms with van der Waals surface area (Å²) >= 11 is 0. The lowest BCUT2D eigenvalue weighted by atomic mass is 10.0. The fourth-order valence-corrected chi connectivity index (χ4v) is 2.66. The molecule has 0 saturated carbocycles. The van der Waals surface area contributed by atoms with E-state index in [4.69, 9.17) is 0 Å². The van der Waals surface area contributed by atoms with E-state index in [2.05, 4.69) is 66.6 Å². The number of aryl methyl sites for hydroxylation is 2. The third kappa shape index (κ3) is 2.35. The van der Waals surface area contributed by atoms with Crippen molar-refractivity contribution < 1.29 is 0 Å². The number of rotatable bonds is 3. The molecule has 0 amide bonds. The second-order valence-corrected chi connectivity index (χ2v) is 5.43. The molecule has 2 heteroatoms. The van der Waals surface area contributed by atoms with Gasteiger partial charge in [0.25, 0.3) is 0 Å². The van der Waals surface area contributed by atoms with Crippen molar-refractivity contribution in [2.75, 3.05) is 7.05 Å². The van der Waals surface area contributed by atoms with Crippen LogP contribution in [-0.2, 0) is 6.54 Å². The lowest BCUT2D eigenvalue weighted by Crippen LogP contribution is -2.04. The lowest BCUT2D eigenvalue weighted by molar-refractivity contribution is 0.812. The van der Waals surface area contributed by atoms with Gasteiger partial charge in [-0.15, -0.1) is 0 Å². The molecule has 3 rings (SSSR count). The normalized spacial score (nSPS) is 11.2. The molecule has 0 radical (unpaired) electrons. The van der Waals surface area contributed by atoms with Crippen LogP contribution in [0.3, 0.4) is 0 Å². The Morgan fingerprint density at radius 3 is 2.50 bits per heavy atom. The van der Waals surface area contributed by atoms with Crippen molar-refractivity contribution in [3.05, 3.63) is 59.3 Å². The van der Waals surface area contributed by atoms with E-state index < -0.39 is 0 Å². The van der Waals surface area contributed by atoms with Crippen LogP contribution in [0.4, 0.5) is 0 Å². The largest absolute Gasteiger partial charge is 0.358 e. The first-order valence-electron chi connectivity index (χ1n) is 7.01. The van der Waals surface area contributed by atoms with E-state index in [1.807, 2.05) is 7.05 Å². The number of aromatic amines is 1. The fourth-order valence-electron chi connectivity index (χ4n) is 2.66. The van der Waals surface area contributed by atoms with Crippen LogP contribution >= 0.6 is 0 Å². The summed E-state index contributed by atoms with van der Waals surface area (Å²) < 4.78 is 0. The van der Waals surface area contributed by atoms with E-state index >= 15 is 0 Å². The van der Waals surface area contributed by atoms with Gasteiger partial charge in [-0.2, -0.15) is 0 Å². The molecule has 102 valence electrons. The predicted octanol–water partition coefficient (Wildman–Crippen LogP) is 4.17. The Balaban J connectivity index is 2.05. The zero-order chi connectivity index (χ0) is 14.1. The van der Waals surface area contributed by atoms with Gasteiger partial charge in [0, 0.05) is 17.9 Å². The fraction of sp³-hybridized carbons (Fsp3) is 0.222. The molecular formula is C18H20N2. The molecule has 0 saturated heterocycles.